The van der Waals surface area contributed by atoms with Gasteiger partial charge in [-0.1, -0.05) is 140 Å². The molecule has 0 saturated heterocycles. The minimum absolute atomic E-state index is 0. The summed E-state index contributed by atoms with van der Waals surface area (Å²) in [5.74, 6) is 2.69. The van der Waals surface area contributed by atoms with Crippen LogP contribution in [0.5, 0.6) is 0 Å². The Morgan fingerprint density at radius 2 is 0.936 bits per heavy atom. The van der Waals surface area contributed by atoms with Crippen LogP contribution in [-0.4, -0.2) is 4.98 Å². The molecule has 1 aliphatic heterocycles. The van der Waals surface area contributed by atoms with Crippen molar-refractivity contribution < 1.29 is 22.4 Å². The van der Waals surface area contributed by atoms with Crippen LogP contribution in [0.25, 0.3) is 21.8 Å². The molecule has 6 aromatic rings. The van der Waals surface area contributed by atoms with Crippen molar-refractivity contribution in [2.75, 3.05) is 9.80 Å². The molecule has 0 unspecified atom stereocenters. The SMILES string of the molecule is CC(C)c1cccc(C(C)C)c1N1[CH-]N(c2c(C(C)C)cccc2C(C)C)c2ncccc21.[Au].c1ccc2c(c1)[n-]c1ccccc12. The van der Waals surface area contributed by atoms with E-state index in [9.17, 15) is 0 Å². The maximum Gasteiger partial charge on any atom is 0.126 e. The molecule has 0 bridgehead atoms. The van der Waals surface area contributed by atoms with E-state index >= 15 is 0 Å². The van der Waals surface area contributed by atoms with Crippen molar-refractivity contribution in [3.8, 4) is 0 Å². The number of para-hydroxylation sites is 4. The van der Waals surface area contributed by atoms with E-state index in [4.69, 9.17) is 4.98 Å². The van der Waals surface area contributed by atoms with Crippen molar-refractivity contribution in [3.63, 3.8) is 0 Å². The van der Waals surface area contributed by atoms with Crippen molar-refractivity contribution in [2.45, 2.75) is 79.1 Å². The predicted molar refractivity (Wildman–Crippen MR) is 197 cm³/mol. The summed E-state index contributed by atoms with van der Waals surface area (Å²) in [6.07, 6.45) is 1.91. The van der Waals surface area contributed by atoms with Crippen LogP contribution in [0.3, 0.4) is 0 Å². The fourth-order valence-corrected chi connectivity index (χ4v) is 6.64. The van der Waals surface area contributed by atoms with E-state index in [1.54, 1.807) is 0 Å². The zero-order valence-electron chi connectivity index (χ0n) is 28.8. The smallest absolute Gasteiger partial charge is 0.126 e. The molecule has 5 heteroatoms. The Hall–Kier alpha value is -3.83. The molecule has 3 heterocycles. The molecular weight excluding hydrogens is 757 g/mol. The number of rotatable bonds is 6. The molecule has 4 nitrogen and oxygen atoms in total. The molecule has 2 aromatic heterocycles. The van der Waals surface area contributed by atoms with Crippen molar-refractivity contribution in [1.29, 1.82) is 0 Å². The van der Waals surface area contributed by atoms with Crippen molar-refractivity contribution >= 4 is 44.7 Å². The summed E-state index contributed by atoms with van der Waals surface area (Å²) in [7, 11) is 0. The topological polar surface area (TPSA) is 33.5 Å². The van der Waals surface area contributed by atoms with Gasteiger partial charge in [-0.25, -0.2) is 4.98 Å². The second kappa shape index (κ2) is 14.5. The normalized spacial score (nSPS) is 12.7. The molecule has 0 fully saturated rings. The Balaban J connectivity index is 0.000000256. The maximum absolute atomic E-state index is 4.90. The van der Waals surface area contributed by atoms with Gasteiger partial charge in [-0.05, 0) is 68.8 Å². The number of fused-ring (bicyclic) bond motifs is 4. The van der Waals surface area contributed by atoms with Gasteiger partial charge in [0.25, 0.3) is 0 Å². The van der Waals surface area contributed by atoms with Gasteiger partial charge in [0.1, 0.15) is 5.82 Å². The van der Waals surface area contributed by atoms with Gasteiger partial charge in [0, 0.05) is 40.0 Å². The van der Waals surface area contributed by atoms with Crippen LogP contribution < -0.4 is 14.8 Å². The Bertz CT molecular complexity index is 1780. The van der Waals surface area contributed by atoms with Crippen LogP contribution in [0.1, 0.15) is 101 Å². The van der Waals surface area contributed by atoms with Gasteiger partial charge in [0.15, 0.2) is 0 Å². The minimum atomic E-state index is 0. The summed E-state index contributed by atoms with van der Waals surface area (Å²) in [4.78, 5) is 14.1. The predicted octanol–water partition coefficient (Wildman–Crippen LogP) is 11.9. The molecule has 7 rings (SSSR count). The Morgan fingerprint density at radius 1 is 0.511 bits per heavy atom. The van der Waals surface area contributed by atoms with E-state index in [0.717, 1.165) is 22.5 Å². The van der Waals surface area contributed by atoms with E-state index in [1.807, 2.05) is 24.4 Å². The Morgan fingerprint density at radius 3 is 1.38 bits per heavy atom. The van der Waals surface area contributed by atoms with Crippen molar-refractivity contribution in [3.05, 3.63) is 132 Å². The van der Waals surface area contributed by atoms with Crippen LogP contribution in [0.15, 0.2) is 103 Å². The zero-order chi connectivity index (χ0) is 32.5. The summed E-state index contributed by atoms with van der Waals surface area (Å²) in [6.45, 7) is 20.5. The summed E-state index contributed by atoms with van der Waals surface area (Å²) in [5, 5.41) is 2.50. The number of pyridine rings is 1. The third-order valence-corrected chi connectivity index (χ3v) is 8.99. The number of hydrogen-bond donors (Lipinski definition) is 0. The van der Waals surface area contributed by atoms with Crippen molar-refractivity contribution in [1.82, 2.24) is 9.97 Å². The zero-order valence-corrected chi connectivity index (χ0v) is 31.0. The fraction of sp³-hybridized carbons (Fsp3) is 0.286. The van der Waals surface area contributed by atoms with Gasteiger partial charge >= 0.3 is 0 Å². The number of benzene rings is 4. The van der Waals surface area contributed by atoms with Crippen LogP contribution in [-0.2, 0) is 22.4 Å². The molecule has 0 spiro atoms. The molecular formula is C42H46AuN4-2. The van der Waals surface area contributed by atoms with Gasteiger partial charge in [0.05, 0.1) is 5.69 Å². The molecule has 0 saturated carbocycles. The summed E-state index contributed by atoms with van der Waals surface area (Å²) in [5.41, 5.74) is 11.3. The Kier molecular flexibility index (Phi) is 10.7. The molecule has 0 aliphatic carbocycles. The molecule has 4 aromatic carbocycles. The molecule has 0 amide bonds. The van der Waals surface area contributed by atoms with Crippen molar-refractivity contribution in [2.24, 2.45) is 0 Å². The van der Waals surface area contributed by atoms with Gasteiger partial charge < -0.3 is 14.8 Å². The second-order valence-corrected chi connectivity index (χ2v) is 13.5. The van der Waals surface area contributed by atoms with E-state index < -0.39 is 0 Å². The quantitative estimate of drug-likeness (QED) is 0.124. The van der Waals surface area contributed by atoms with Gasteiger partial charge in [-0.3, -0.25) is 0 Å². The molecule has 0 N–H and O–H groups in total. The van der Waals surface area contributed by atoms with Gasteiger partial charge in [-0.15, -0.1) is 17.7 Å². The van der Waals surface area contributed by atoms with E-state index in [-0.39, 0.29) is 22.4 Å². The minimum Gasteiger partial charge on any atom is -0.657 e. The average molecular weight is 804 g/mol. The molecule has 247 valence electrons. The Labute approximate surface area is 296 Å². The third-order valence-electron chi connectivity index (χ3n) is 8.99. The first kappa shape index (κ1) is 34.5. The molecule has 1 aliphatic rings. The van der Waals surface area contributed by atoms with E-state index in [1.165, 1.54) is 44.4 Å². The first-order valence-electron chi connectivity index (χ1n) is 16.7. The first-order chi connectivity index (χ1) is 22.2. The standard InChI is InChI=1S/C30H38N3.C12H8N.Au/c1-19(2)23-12-9-13-24(20(3)4)28(23)32-18-33(30-27(32)16-11-17-31-30)29-25(21(5)6)14-10-15-26(29)22(7)8;1-3-7-11-9(5-1)10-6-2-4-8-12(10)13-11;/h9-22H,1-8H3;1-8H;/q2*-1;. The number of nitrogens with zero attached hydrogens (tertiary/aromatic N) is 4. The molecule has 1 radical (unpaired) electrons. The van der Waals surface area contributed by atoms with Gasteiger partial charge in [0.2, 0.25) is 0 Å². The average Bonchev–Trinajstić information content (AvgIpc) is 3.63. The maximum atomic E-state index is 4.90. The number of aromatic nitrogens is 2. The fourth-order valence-electron chi connectivity index (χ4n) is 6.64. The number of anilines is 4. The molecule has 0 atom stereocenters. The summed E-state index contributed by atoms with van der Waals surface area (Å²) >= 11 is 0. The number of hydrogen-bond acceptors (Lipinski definition) is 3. The first-order valence-corrected chi connectivity index (χ1v) is 16.7. The largest absolute Gasteiger partial charge is 0.657 e. The van der Waals surface area contributed by atoms with E-state index in [2.05, 4.69) is 156 Å². The third kappa shape index (κ3) is 6.65. The van der Waals surface area contributed by atoms with Crippen LogP contribution >= 0.6 is 0 Å². The summed E-state index contributed by atoms with van der Waals surface area (Å²) in [6, 6.07) is 34.2. The van der Waals surface area contributed by atoms with Gasteiger partial charge in [-0.2, -0.15) is 0 Å². The van der Waals surface area contributed by atoms with Crippen LogP contribution in [0.2, 0.25) is 0 Å². The molecule has 47 heavy (non-hydrogen) atoms. The second-order valence-electron chi connectivity index (χ2n) is 13.5. The van der Waals surface area contributed by atoms with E-state index in [0.29, 0.717) is 23.7 Å². The monoisotopic (exact) mass is 803 g/mol. The summed E-state index contributed by atoms with van der Waals surface area (Å²) < 4.78 is 0. The van der Waals surface area contributed by atoms with Crippen LogP contribution in [0, 0.1) is 6.67 Å². The van der Waals surface area contributed by atoms with Crippen LogP contribution in [0.4, 0.5) is 22.9 Å².